The Balaban J connectivity index is 2.13. The molecule has 0 fully saturated rings. The van der Waals surface area contributed by atoms with E-state index in [9.17, 15) is 14.9 Å². The maximum Gasteiger partial charge on any atom is 0.354 e. The van der Waals surface area contributed by atoms with Gasteiger partial charge in [-0.1, -0.05) is 31.5 Å². The Bertz CT molecular complexity index is 708. The fourth-order valence-electron chi connectivity index (χ4n) is 1.93. The van der Waals surface area contributed by atoms with Gasteiger partial charge in [0.05, 0.1) is 4.92 Å². The summed E-state index contributed by atoms with van der Waals surface area (Å²) in [5.41, 5.74) is 4.99. The number of hydrogen-bond acceptors (Lipinski definition) is 7. The number of hydrazine groups is 1. The van der Waals surface area contributed by atoms with Crippen LogP contribution in [-0.4, -0.2) is 27.3 Å². The number of amides is 1. The minimum absolute atomic E-state index is 0.0849. The van der Waals surface area contributed by atoms with Crippen molar-refractivity contribution in [3.63, 3.8) is 0 Å². The first kappa shape index (κ1) is 17.1. The van der Waals surface area contributed by atoms with Gasteiger partial charge in [0.1, 0.15) is 6.33 Å². The second kappa shape index (κ2) is 8.42. The van der Waals surface area contributed by atoms with E-state index in [1.54, 1.807) is 30.3 Å². The molecule has 0 saturated carbocycles. The molecule has 3 N–H and O–H groups in total. The number of anilines is 2. The lowest BCUT2D eigenvalue weighted by molar-refractivity contribution is -0.383. The molecule has 0 saturated heterocycles. The maximum absolute atomic E-state index is 12.0. The molecule has 24 heavy (non-hydrogen) atoms. The monoisotopic (exact) mass is 330 g/mol. The van der Waals surface area contributed by atoms with E-state index in [2.05, 4.69) is 26.1 Å². The molecule has 1 heterocycles. The van der Waals surface area contributed by atoms with Gasteiger partial charge in [-0.25, -0.2) is 9.97 Å². The van der Waals surface area contributed by atoms with Crippen molar-refractivity contribution in [1.82, 2.24) is 15.4 Å². The summed E-state index contributed by atoms with van der Waals surface area (Å²) in [6.45, 7) is 2.58. The van der Waals surface area contributed by atoms with Crippen LogP contribution in [0.15, 0.2) is 36.7 Å². The highest BCUT2D eigenvalue weighted by Crippen LogP contribution is 2.28. The summed E-state index contributed by atoms with van der Waals surface area (Å²) in [6, 6.07) is 8.48. The van der Waals surface area contributed by atoms with E-state index in [4.69, 9.17) is 0 Å². The highest BCUT2D eigenvalue weighted by Gasteiger charge is 2.23. The number of carbonyl (C=O) groups is 1. The molecule has 1 amide bonds. The summed E-state index contributed by atoms with van der Waals surface area (Å²) in [7, 11) is 0. The lowest BCUT2D eigenvalue weighted by atomic mass is 10.2. The quantitative estimate of drug-likeness (QED) is 0.386. The van der Waals surface area contributed by atoms with E-state index in [1.807, 2.05) is 6.92 Å². The molecule has 1 aromatic carbocycles. The topological polar surface area (TPSA) is 122 Å². The van der Waals surface area contributed by atoms with Crippen molar-refractivity contribution in [3.05, 3.63) is 52.3 Å². The number of nitrogens with zero attached hydrogens (tertiary/aromatic N) is 3. The third-order valence-corrected chi connectivity index (χ3v) is 3.16. The second-order valence-electron chi connectivity index (χ2n) is 4.90. The van der Waals surface area contributed by atoms with Crippen LogP contribution in [0.4, 0.5) is 17.3 Å². The Labute approximate surface area is 138 Å². The zero-order chi connectivity index (χ0) is 17.4. The van der Waals surface area contributed by atoms with Crippen LogP contribution in [-0.2, 0) is 0 Å². The lowest BCUT2D eigenvalue weighted by Crippen LogP contribution is -2.30. The average molecular weight is 330 g/mol. The Morgan fingerprint density at radius 2 is 1.92 bits per heavy atom. The van der Waals surface area contributed by atoms with Crippen molar-refractivity contribution in [2.24, 2.45) is 0 Å². The average Bonchev–Trinajstić information content (AvgIpc) is 2.60. The van der Waals surface area contributed by atoms with Gasteiger partial charge in [0.25, 0.3) is 5.91 Å². The number of nitro groups is 1. The molecule has 0 radical (unpaired) electrons. The Hall–Kier alpha value is -3.23. The van der Waals surface area contributed by atoms with Crippen molar-refractivity contribution >= 4 is 23.2 Å². The highest BCUT2D eigenvalue weighted by molar-refractivity contribution is 5.95. The molecule has 126 valence electrons. The van der Waals surface area contributed by atoms with Crippen LogP contribution in [0.1, 0.15) is 30.1 Å². The molecule has 1 aromatic heterocycles. The van der Waals surface area contributed by atoms with E-state index in [-0.39, 0.29) is 17.3 Å². The fourth-order valence-corrected chi connectivity index (χ4v) is 1.93. The van der Waals surface area contributed by atoms with Gasteiger partial charge >= 0.3 is 5.69 Å². The molecule has 0 bridgehead atoms. The first-order valence-corrected chi connectivity index (χ1v) is 7.48. The zero-order valence-corrected chi connectivity index (χ0v) is 13.2. The SMILES string of the molecule is CCCCNc1ncnc(NNC(=O)c2ccccc2)c1[N+](=O)[O-]. The van der Waals surface area contributed by atoms with E-state index < -0.39 is 10.8 Å². The van der Waals surface area contributed by atoms with Gasteiger partial charge in [0.2, 0.25) is 11.6 Å². The molecular weight excluding hydrogens is 312 g/mol. The van der Waals surface area contributed by atoms with Gasteiger partial charge < -0.3 is 5.32 Å². The van der Waals surface area contributed by atoms with Crippen molar-refractivity contribution in [3.8, 4) is 0 Å². The van der Waals surface area contributed by atoms with Crippen molar-refractivity contribution in [2.75, 3.05) is 17.3 Å². The van der Waals surface area contributed by atoms with E-state index in [1.165, 1.54) is 6.33 Å². The van der Waals surface area contributed by atoms with Gasteiger partial charge in [-0.15, -0.1) is 0 Å². The minimum Gasteiger partial charge on any atom is -0.364 e. The summed E-state index contributed by atoms with van der Waals surface area (Å²) in [6.07, 6.45) is 3.00. The number of aromatic nitrogens is 2. The molecular formula is C15H18N6O3. The van der Waals surface area contributed by atoms with Gasteiger partial charge in [-0.3, -0.25) is 25.8 Å². The normalized spacial score (nSPS) is 10.0. The summed E-state index contributed by atoms with van der Waals surface area (Å²) in [4.78, 5) is 30.5. The fraction of sp³-hybridized carbons (Fsp3) is 0.267. The van der Waals surface area contributed by atoms with Gasteiger partial charge in [0, 0.05) is 12.1 Å². The van der Waals surface area contributed by atoms with Crippen LogP contribution in [0, 0.1) is 10.1 Å². The molecule has 0 spiro atoms. The molecule has 9 nitrogen and oxygen atoms in total. The second-order valence-corrected chi connectivity index (χ2v) is 4.90. The van der Waals surface area contributed by atoms with Crippen LogP contribution in [0.25, 0.3) is 0 Å². The number of rotatable bonds is 8. The van der Waals surface area contributed by atoms with E-state index in [0.717, 1.165) is 12.8 Å². The maximum atomic E-state index is 12.0. The number of nitrogens with one attached hydrogen (secondary N) is 3. The molecule has 0 unspecified atom stereocenters. The van der Waals surface area contributed by atoms with Gasteiger partial charge in [-0.2, -0.15) is 0 Å². The summed E-state index contributed by atoms with van der Waals surface area (Å²) >= 11 is 0. The van der Waals surface area contributed by atoms with Crippen molar-refractivity contribution in [2.45, 2.75) is 19.8 Å². The highest BCUT2D eigenvalue weighted by atomic mass is 16.6. The molecule has 2 aromatic rings. The first-order valence-electron chi connectivity index (χ1n) is 7.48. The number of hydrogen-bond donors (Lipinski definition) is 3. The van der Waals surface area contributed by atoms with Crippen LogP contribution in [0.2, 0.25) is 0 Å². The third-order valence-electron chi connectivity index (χ3n) is 3.16. The zero-order valence-electron chi connectivity index (χ0n) is 13.2. The smallest absolute Gasteiger partial charge is 0.354 e. The molecule has 9 heteroatoms. The largest absolute Gasteiger partial charge is 0.364 e. The van der Waals surface area contributed by atoms with Crippen molar-refractivity contribution in [1.29, 1.82) is 0 Å². The van der Waals surface area contributed by atoms with Crippen LogP contribution < -0.4 is 16.2 Å². The standard InChI is InChI=1S/C15H18N6O3/c1-2-3-9-16-13-12(21(23)24)14(18-10-17-13)19-20-15(22)11-7-5-4-6-8-11/h4-8,10H,2-3,9H2,1H3,(H,20,22)(H2,16,17,18,19). The third kappa shape index (κ3) is 4.38. The lowest BCUT2D eigenvalue weighted by Gasteiger charge is -2.10. The number of benzene rings is 1. The Morgan fingerprint density at radius 3 is 2.58 bits per heavy atom. The Morgan fingerprint density at radius 1 is 1.21 bits per heavy atom. The predicted octanol–water partition coefficient (Wildman–Crippen LogP) is 2.35. The Kier molecular flexibility index (Phi) is 6.01. The molecule has 0 atom stereocenters. The van der Waals surface area contributed by atoms with Crippen molar-refractivity contribution < 1.29 is 9.72 Å². The predicted molar refractivity (Wildman–Crippen MR) is 89.6 cm³/mol. The summed E-state index contributed by atoms with van der Waals surface area (Å²) < 4.78 is 0. The number of unbranched alkanes of at least 4 members (excludes halogenated alkanes) is 1. The van der Waals surface area contributed by atoms with Gasteiger partial charge in [-0.05, 0) is 18.6 Å². The van der Waals surface area contributed by atoms with Gasteiger partial charge in [0.15, 0.2) is 0 Å². The first-order chi connectivity index (χ1) is 11.6. The number of carbonyl (C=O) groups excluding carboxylic acids is 1. The summed E-state index contributed by atoms with van der Waals surface area (Å²) in [5.74, 6) is -0.401. The molecule has 0 aliphatic heterocycles. The van der Waals surface area contributed by atoms with Crippen LogP contribution >= 0.6 is 0 Å². The molecule has 2 rings (SSSR count). The summed E-state index contributed by atoms with van der Waals surface area (Å²) in [5, 5.41) is 14.2. The van der Waals surface area contributed by atoms with Crippen LogP contribution in [0.5, 0.6) is 0 Å². The minimum atomic E-state index is -0.592. The van der Waals surface area contributed by atoms with Crippen LogP contribution in [0.3, 0.4) is 0 Å². The van der Waals surface area contributed by atoms with E-state index >= 15 is 0 Å². The molecule has 0 aliphatic rings. The molecule has 0 aliphatic carbocycles. The van der Waals surface area contributed by atoms with E-state index in [0.29, 0.717) is 12.1 Å².